The van der Waals surface area contributed by atoms with Gasteiger partial charge in [0.1, 0.15) is 19.3 Å². The number of esters is 4. The standard InChI is InChI=1S/C80H156O17P2/c1-9-72(7)58-50-42-33-29-25-21-17-13-11-12-14-18-23-27-31-35-46-54-62-79(84)96-75(67-91-78(83)61-53-45-38-36-41-49-57-71(5)6)68-94-98(86,87)92-64-74(81)65-93-99(88,89)95-69-76(97-80(85)63-55-47-39-37-43-51-59-73(8)10-2)66-90-77(82)60-52-44-34-30-26-22-19-15-16-20-24-28-32-40-48-56-70(3)4/h70-76,81H,9-69H2,1-8H3,(H,86,87)(H,88,89)/t72?,73?,74-,75+,76+/m0/s1. The van der Waals surface area contributed by atoms with Crippen molar-refractivity contribution < 1.29 is 80.2 Å². The Labute approximate surface area is 607 Å². The molecule has 0 aromatic heterocycles. The molecule has 0 aromatic carbocycles. The van der Waals surface area contributed by atoms with Crippen LogP contribution in [0.5, 0.6) is 0 Å². The van der Waals surface area contributed by atoms with Crippen LogP contribution in [0.15, 0.2) is 0 Å². The van der Waals surface area contributed by atoms with Crippen LogP contribution in [0.25, 0.3) is 0 Å². The minimum Gasteiger partial charge on any atom is -0.462 e. The first-order valence-corrected chi connectivity index (χ1v) is 44.3. The Morgan fingerprint density at radius 2 is 0.485 bits per heavy atom. The molecular formula is C80H156O17P2. The highest BCUT2D eigenvalue weighted by atomic mass is 31.2. The van der Waals surface area contributed by atoms with E-state index in [2.05, 4.69) is 55.4 Å². The van der Waals surface area contributed by atoms with Crippen molar-refractivity contribution in [3.05, 3.63) is 0 Å². The van der Waals surface area contributed by atoms with Crippen LogP contribution in [0.4, 0.5) is 0 Å². The third-order valence-electron chi connectivity index (χ3n) is 19.3. The molecule has 0 saturated heterocycles. The van der Waals surface area contributed by atoms with Crippen LogP contribution < -0.4 is 0 Å². The topological polar surface area (TPSA) is 237 Å². The van der Waals surface area contributed by atoms with E-state index in [4.69, 9.17) is 37.0 Å². The number of phosphoric ester groups is 2. The van der Waals surface area contributed by atoms with E-state index < -0.39 is 97.5 Å². The molecule has 0 aromatic rings. The number of carbonyl (C=O) groups excluding carboxylic acids is 4. The largest absolute Gasteiger partial charge is 0.472 e. The molecule has 0 aliphatic carbocycles. The van der Waals surface area contributed by atoms with Gasteiger partial charge in [-0.05, 0) is 49.4 Å². The number of aliphatic hydroxyl groups excluding tert-OH is 1. The number of unbranched alkanes of at least 4 members (excludes halogenated alkanes) is 41. The summed E-state index contributed by atoms with van der Waals surface area (Å²) in [4.78, 5) is 72.8. The molecule has 0 saturated carbocycles. The number of phosphoric acid groups is 2. The van der Waals surface area contributed by atoms with Crippen molar-refractivity contribution in [1.29, 1.82) is 0 Å². The number of ether oxygens (including phenoxy) is 4. The Kier molecular flexibility index (Phi) is 67.8. The van der Waals surface area contributed by atoms with E-state index in [9.17, 15) is 43.2 Å². The first kappa shape index (κ1) is 97.1. The van der Waals surface area contributed by atoms with Crippen LogP contribution in [0.3, 0.4) is 0 Å². The van der Waals surface area contributed by atoms with Crippen LogP contribution >= 0.6 is 15.6 Å². The summed E-state index contributed by atoms with van der Waals surface area (Å²) in [6.45, 7) is 14.2. The van der Waals surface area contributed by atoms with E-state index in [1.54, 1.807) is 0 Å². The first-order chi connectivity index (χ1) is 47.7. The molecule has 0 bridgehead atoms. The fourth-order valence-corrected chi connectivity index (χ4v) is 13.8. The molecule has 99 heavy (non-hydrogen) atoms. The first-order valence-electron chi connectivity index (χ1n) is 41.3. The molecule has 0 fully saturated rings. The van der Waals surface area contributed by atoms with Gasteiger partial charge in [0.2, 0.25) is 0 Å². The minimum absolute atomic E-state index is 0.103. The van der Waals surface area contributed by atoms with E-state index in [-0.39, 0.29) is 25.7 Å². The molecule has 588 valence electrons. The van der Waals surface area contributed by atoms with Gasteiger partial charge in [-0.2, -0.15) is 0 Å². The predicted octanol–water partition coefficient (Wildman–Crippen LogP) is 23.6. The molecule has 0 radical (unpaired) electrons. The molecular weight excluding hydrogens is 1290 g/mol. The number of hydrogen-bond acceptors (Lipinski definition) is 15. The maximum atomic E-state index is 13.1. The van der Waals surface area contributed by atoms with Gasteiger partial charge in [-0.3, -0.25) is 37.3 Å². The maximum Gasteiger partial charge on any atom is 0.472 e. The van der Waals surface area contributed by atoms with E-state index in [1.165, 1.54) is 205 Å². The number of hydrogen-bond donors (Lipinski definition) is 3. The summed E-state index contributed by atoms with van der Waals surface area (Å²) in [7, 11) is -9.92. The fourth-order valence-electron chi connectivity index (χ4n) is 12.2. The molecule has 0 heterocycles. The van der Waals surface area contributed by atoms with Gasteiger partial charge in [-0.15, -0.1) is 0 Å². The van der Waals surface area contributed by atoms with Crippen LogP contribution in [0, 0.1) is 23.7 Å². The summed E-state index contributed by atoms with van der Waals surface area (Å²) in [5, 5.41) is 10.6. The van der Waals surface area contributed by atoms with Gasteiger partial charge in [0, 0.05) is 25.7 Å². The van der Waals surface area contributed by atoms with E-state index in [1.807, 2.05) is 0 Å². The molecule has 0 amide bonds. The molecule has 0 aliphatic rings. The van der Waals surface area contributed by atoms with Crippen LogP contribution in [-0.4, -0.2) is 96.7 Å². The summed E-state index contributed by atoms with van der Waals surface area (Å²) >= 11 is 0. The normalized spacial score (nSPS) is 14.6. The SMILES string of the molecule is CCC(C)CCCCCCCCCCCCCCCCCCCCC(=O)O[C@H](COC(=O)CCCCCCCCC(C)C)COP(=O)(O)OC[C@H](O)COP(=O)(O)OC[C@@H](COC(=O)CCCCCCCCCCCCCCCCCC(C)C)OC(=O)CCCCCCCCC(C)CC. The second-order valence-corrected chi connectivity index (χ2v) is 33.1. The van der Waals surface area contributed by atoms with Gasteiger partial charge in [0.05, 0.1) is 26.4 Å². The second-order valence-electron chi connectivity index (χ2n) is 30.2. The van der Waals surface area contributed by atoms with Crippen molar-refractivity contribution in [2.24, 2.45) is 23.7 Å². The van der Waals surface area contributed by atoms with Crippen molar-refractivity contribution >= 4 is 39.5 Å². The monoisotopic (exact) mass is 1450 g/mol. The average Bonchev–Trinajstić information content (AvgIpc) is 0.972. The molecule has 0 rings (SSSR count). The Hall–Kier alpha value is -1.94. The maximum absolute atomic E-state index is 13.1. The second kappa shape index (κ2) is 69.1. The highest BCUT2D eigenvalue weighted by Gasteiger charge is 2.30. The van der Waals surface area contributed by atoms with Gasteiger partial charge >= 0.3 is 39.5 Å². The summed E-state index contributed by atoms with van der Waals surface area (Å²) < 4.78 is 68.6. The highest BCUT2D eigenvalue weighted by Crippen LogP contribution is 2.45. The van der Waals surface area contributed by atoms with Crippen molar-refractivity contribution in [1.82, 2.24) is 0 Å². The summed E-state index contributed by atoms with van der Waals surface area (Å²) in [5.41, 5.74) is 0. The molecule has 19 heteroatoms. The van der Waals surface area contributed by atoms with E-state index >= 15 is 0 Å². The van der Waals surface area contributed by atoms with Gasteiger partial charge < -0.3 is 33.8 Å². The average molecular weight is 1450 g/mol. The van der Waals surface area contributed by atoms with Gasteiger partial charge in [-0.1, -0.05) is 357 Å². The van der Waals surface area contributed by atoms with Crippen molar-refractivity contribution in [2.75, 3.05) is 39.6 Å². The van der Waals surface area contributed by atoms with Crippen LogP contribution in [0.1, 0.15) is 409 Å². The molecule has 17 nitrogen and oxygen atoms in total. The Bertz CT molecular complexity index is 1940. The Morgan fingerprint density at radius 3 is 0.717 bits per heavy atom. The van der Waals surface area contributed by atoms with Crippen molar-refractivity contribution in [3.8, 4) is 0 Å². The lowest BCUT2D eigenvalue weighted by molar-refractivity contribution is -0.161. The van der Waals surface area contributed by atoms with E-state index in [0.29, 0.717) is 31.6 Å². The minimum atomic E-state index is -4.96. The zero-order valence-electron chi connectivity index (χ0n) is 65.1. The van der Waals surface area contributed by atoms with Gasteiger partial charge in [-0.25, -0.2) is 9.13 Å². The summed E-state index contributed by atoms with van der Waals surface area (Å²) in [6.07, 6.45) is 55.9. The lowest BCUT2D eigenvalue weighted by Gasteiger charge is -2.21. The third kappa shape index (κ3) is 71.5. The Balaban J connectivity index is 5.12. The molecule has 3 N–H and O–H groups in total. The van der Waals surface area contributed by atoms with Crippen molar-refractivity contribution in [3.63, 3.8) is 0 Å². The van der Waals surface area contributed by atoms with Gasteiger partial charge in [0.15, 0.2) is 12.2 Å². The van der Waals surface area contributed by atoms with Crippen LogP contribution in [0.2, 0.25) is 0 Å². The Morgan fingerprint density at radius 1 is 0.283 bits per heavy atom. The highest BCUT2D eigenvalue weighted by molar-refractivity contribution is 7.47. The lowest BCUT2D eigenvalue weighted by Crippen LogP contribution is -2.30. The van der Waals surface area contributed by atoms with Crippen LogP contribution in [-0.2, 0) is 65.4 Å². The number of rotatable bonds is 77. The molecule has 0 spiro atoms. The molecule has 7 atom stereocenters. The predicted molar refractivity (Wildman–Crippen MR) is 404 cm³/mol. The summed E-state index contributed by atoms with van der Waals surface area (Å²) in [6, 6.07) is 0. The zero-order chi connectivity index (χ0) is 73.1. The van der Waals surface area contributed by atoms with E-state index in [0.717, 1.165) is 114 Å². The molecule has 0 aliphatic heterocycles. The lowest BCUT2D eigenvalue weighted by atomic mass is 9.99. The smallest absolute Gasteiger partial charge is 0.462 e. The fraction of sp³-hybridized carbons (Fsp3) is 0.950. The summed E-state index contributed by atoms with van der Waals surface area (Å²) in [5.74, 6) is 0.955. The number of aliphatic hydroxyl groups is 1. The quantitative estimate of drug-likeness (QED) is 0.0222. The number of carbonyl (C=O) groups is 4. The zero-order valence-corrected chi connectivity index (χ0v) is 66.9. The van der Waals surface area contributed by atoms with Crippen molar-refractivity contribution in [2.45, 2.75) is 427 Å². The van der Waals surface area contributed by atoms with Gasteiger partial charge in [0.25, 0.3) is 0 Å². The molecule has 4 unspecified atom stereocenters. The third-order valence-corrected chi connectivity index (χ3v) is 21.2.